The summed E-state index contributed by atoms with van der Waals surface area (Å²) in [5, 5.41) is -0.435. The van der Waals surface area contributed by atoms with E-state index in [4.69, 9.17) is 5.73 Å². The molecule has 0 aromatic rings. The molecule has 1 fully saturated rings. The summed E-state index contributed by atoms with van der Waals surface area (Å²) in [5.74, 6) is 0. The molecule has 0 aromatic heterocycles. The molecule has 0 radical (unpaired) electrons. The van der Waals surface area contributed by atoms with Gasteiger partial charge in [-0.3, -0.25) is 0 Å². The summed E-state index contributed by atoms with van der Waals surface area (Å²) < 4.78 is 26.9. The molecule has 0 saturated carbocycles. The molecular formula is C12H27N3O2S. The minimum Gasteiger partial charge on any atom is -0.329 e. The molecule has 1 rings (SSSR count). The van der Waals surface area contributed by atoms with Crippen LogP contribution in [0.15, 0.2) is 0 Å². The Bertz CT molecular complexity index is 341. The number of hydrogen-bond acceptors (Lipinski definition) is 4. The summed E-state index contributed by atoms with van der Waals surface area (Å²) in [7, 11) is -1.20. The lowest BCUT2D eigenvalue weighted by Crippen LogP contribution is -2.48. The van der Waals surface area contributed by atoms with Crippen LogP contribution in [0.4, 0.5) is 0 Å². The third-order valence-electron chi connectivity index (χ3n) is 3.79. The quantitative estimate of drug-likeness (QED) is 0.793. The van der Waals surface area contributed by atoms with Crippen molar-refractivity contribution in [3.8, 4) is 0 Å². The Morgan fingerprint density at radius 1 is 1.33 bits per heavy atom. The SMILES string of the molecule is CCC1CN(C)CCCN1S(=O)(=O)C(CC)CN. The van der Waals surface area contributed by atoms with E-state index in [-0.39, 0.29) is 12.6 Å². The van der Waals surface area contributed by atoms with Crippen LogP contribution in [-0.4, -0.2) is 62.1 Å². The van der Waals surface area contributed by atoms with E-state index < -0.39 is 15.3 Å². The summed E-state index contributed by atoms with van der Waals surface area (Å²) in [6.45, 7) is 6.55. The second kappa shape index (κ2) is 6.84. The average Bonchev–Trinajstić information content (AvgIpc) is 2.52. The molecule has 2 atom stereocenters. The molecule has 0 bridgehead atoms. The molecule has 2 unspecified atom stereocenters. The highest BCUT2D eigenvalue weighted by atomic mass is 32.2. The summed E-state index contributed by atoms with van der Waals surface area (Å²) in [6, 6.07) is 0.0862. The molecule has 1 aliphatic rings. The third-order valence-corrected chi connectivity index (χ3v) is 6.29. The van der Waals surface area contributed by atoms with Gasteiger partial charge in [-0.2, -0.15) is 4.31 Å². The van der Waals surface area contributed by atoms with Crippen LogP contribution in [0.25, 0.3) is 0 Å². The van der Waals surface area contributed by atoms with Gasteiger partial charge in [-0.1, -0.05) is 13.8 Å². The molecule has 108 valence electrons. The zero-order valence-corrected chi connectivity index (χ0v) is 12.6. The lowest BCUT2D eigenvalue weighted by molar-refractivity contribution is 0.268. The van der Waals surface area contributed by atoms with E-state index in [1.54, 1.807) is 4.31 Å². The monoisotopic (exact) mass is 277 g/mol. The van der Waals surface area contributed by atoms with E-state index in [1.807, 2.05) is 6.92 Å². The summed E-state index contributed by atoms with van der Waals surface area (Å²) in [4.78, 5) is 2.22. The smallest absolute Gasteiger partial charge is 0.218 e. The highest BCUT2D eigenvalue weighted by Gasteiger charge is 2.35. The van der Waals surface area contributed by atoms with E-state index in [9.17, 15) is 8.42 Å². The zero-order chi connectivity index (χ0) is 13.8. The fraction of sp³-hybridized carbons (Fsp3) is 1.00. The van der Waals surface area contributed by atoms with Gasteiger partial charge in [0, 0.05) is 25.7 Å². The van der Waals surface area contributed by atoms with Crippen molar-refractivity contribution in [2.24, 2.45) is 5.73 Å². The Labute approximate surface area is 111 Å². The Morgan fingerprint density at radius 2 is 2.00 bits per heavy atom. The second-order valence-electron chi connectivity index (χ2n) is 5.10. The number of hydrogen-bond donors (Lipinski definition) is 1. The van der Waals surface area contributed by atoms with Crippen molar-refractivity contribution >= 4 is 10.0 Å². The van der Waals surface area contributed by atoms with Gasteiger partial charge in [-0.05, 0) is 32.9 Å². The molecule has 1 aliphatic heterocycles. The van der Waals surface area contributed by atoms with Gasteiger partial charge in [-0.25, -0.2) is 8.42 Å². The van der Waals surface area contributed by atoms with Crippen molar-refractivity contribution in [3.05, 3.63) is 0 Å². The van der Waals surface area contributed by atoms with Crippen LogP contribution in [-0.2, 0) is 10.0 Å². The van der Waals surface area contributed by atoms with Crippen LogP contribution in [0.2, 0.25) is 0 Å². The lowest BCUT2D eigenvalue weighted by Gasteiger charge is -2.32. The molecule has 0 aliphatic carbocycles. The van der Waals surface area contributed by atoms with Crippen LogP contribution < -0.4 is 5.73 Å². The number of rotatable bonds is 5. The van der Waals surface area contributed by atoms with Crippen molar-refractivity contribution in [1.29, 1.82) is 0 Å². The first kappa shape index (κ1) is 15.9. The first-order valence-corrected chi connectivity index (χ1v) is 8.36. The zero-order valence-electron chi connectivity index (χ0n) is 11.8. The molecule has 0 aromatic carbocycles. The Morgan fingerprint density at radius 3 is 2.50 bits per heavy atom. The third kappa shape index (κ3) is 3.44. The van der Waals surface area contributed by atoms with Gasteiger partial charge < -0.3 is 10.6 Å². The molecule has 5 nitrogen and oxygen atoms in total. The van der Waals surface area contributed by atoms with Crippen molar-refractivity contribution < 1.29 is 8.42 Å². The molecule has 1 saturated heterocycles. The minimum atomic E-state index is -3.25. The van der Waals surface area contributed by atoms with E-state index in [0.717, 1.165) is 25.9 Å². The number of nitrogens with zero attached hydrogens (tertiary/aromatic N) is 2. The summed E-state index contributed by atoms with van der Waals surface area (Å²) in [5.41, 5.74) is 5.61. The van der Waals surface area contributed by atoms with Crippen LogP contribution in [0.1, 0.15) is 33.1 Å². The van der Waals surface area contributed by atoms with E-state index in [0.29, 0.717) is 13.0 Å². The van der Waals surface area contributed by atoms with Crippen LogP contribution >= 0.6 is 0 Å². The van der Waals surface area contributed by atoms with E-state index >= 15 is 0 Å². The number of nitrogens with two attached hydrogens (primary N) is 1. The van der Waals surface area contributed by atoms with E-state index in [1.165, 1.54) is 0 Å². The molecule has 2 N–H and O–H groups in total. The maximum Gasteiger partial charge on any atom is 0.218 e. The maximum atomic E-state index is 12.6. The van der Waals surface area contributed by atoms with Gasteiger partial charge in [-0.15, -0.1) is 0 Å². The first-order chi connectivity index (χ1) is 8.47. The Balaban J connectivity index is 2.96. The van der Waals surface area contributed by atoms with Crippen molar-refractivity contribution in [2.75, 3.05) is 33.2 Å². The first-order valence-electron chi connectivity index (χ1n) is 6.86. The van der Waals surface area contributed by atoms with Gasteiger partial charge >= 0.3 is 0 Å². The molecule has 0 amide bonds. The van der Waals surface area contributed by atoms with Crippen molar-refractivity contribution in [3.63, 3.8) is 0 Å². The van der Waals surface area contributed by atoms with Crippen LogP contribution in [0, 0.1) is 0 Å². The number of sulfonamides is 1. The fourth-order valence-corrected chi connectivity index (χ4v) is 4.64. The van der Waals surface area contributed by atoms with Gasteiger partial charge in [0.15, 0.2) is 0 Å². The predicted molar refractivity (Wildman–Crippen MR) is 75.0 cm³/mol. The van der Waals surface area contributed by atoms with Gasteiger partial charge in [0.2, 0.25) is 10.0 Å². The second-order valence-corrected chi connectivity index (χ2v) is 7.27. The molecule has 6 heteroatoms. The van der Waals surface area contributed by atoms with Crippen molar-refractivity contribution in [1.82, 2.24) is 9.21 Å². The van der Waals surface area contributed by atoms with Gasteiger partial charge in [0.1, 0.15) is 0 Å². The van der Waals surface area contributed by atoms with E-state index in [2.05, 4.69) is 18.9 Å². The molecule has 18 heavy (non-hydrogen) atoms. The molecule has 0 spiro atoms. The normalized spacial score (nSPS) is 25.9. The lowest BCUT2D eigenvalue weighted by atomic mass is 10.2. The predicted octanol–water partition coefficient (Wildman–Crippen LogP) is 0.470. The standard InChI is InChI=1S/C12H27N3O2S/c1-4-11-10-14(3)7-6-8-15(11)18(16,17)12(5-2)9-13/h11-12H,4-10,13H2,1-3H3. The fourth-order valence-electron chi connectivity index (χ4n) is 2.58. The Kier molecular flexibility index (Phi) is 6.04. The Hall–Kier alpha value is -0.170. The maximum absolute atomic E-state index is 12.6. The molecule has 1 heterocycles. The highest BCUT2D eigenvalue weighted by Crippen LogP contribution is 2.20. The number of likely N-dealkylation sites (N-methyl/N-ethyl adjacent to an activating group) is 1. The van der Waals surface area contributed by atoms with Gasteiger partial charge in [0.25, 0.3) is 0 Å². The summed E-state index contributed by atoms with van der Waals surface area (Å²) in [6.07, 6.45) is 2.33. The van der Waals surface area contributed by atoms with Crippen LogP contribution in [0.5, 0.6) is 0 Å². The van der Waals surface area contributed by atoms with Crippen molar-refractivity contribution in [2.45, 2.75) is 44.4 Å². The topological polar surface area (TPSA) is 66.6 Å². The minimum absolute atomic E-state index is 0.0862. The summed E-state index contributed by atoms with van der Waals surface area (Å²) >= 11 is 0. The largest absolute Gasteiger partial charge is 0.329 e. The highest BCUT2D eigenvalue weighted by molar-refractivity contribution is 7.89. The van der Waals surface area contributed by atoms with Crippen LogP contribution in [0.3, 0.4) is 0 Å². The average molecular weight is 277 g/mol. The van der Waals surface area contributed by atoms with Gasteiger partial charge in [0.05, 0.1) is 5.25 Å². The molecular weight excluding hydrogens is 250 g/mol.